The standard InChI is InChI=1S/C25H35N5O4/c1-15(2)22-25(34)26-12-8-4-5-11-21(31)28-16(3)23(32)29-20(24(33)30-22)13-17-14-27-19-10-7-6-9-18(17)19/h6-7,9-10,14-16,20,22,27H,4-5,8,11-13H2,1-3H3,(H,26,34)(H,28,31)(H,29,32)(H,30,33)/t16-,20+,22-/m0/s1. The molecule has 5 N–H and O–H groups in total. The predicted octanol–water partition coefficient (Wildman–Crippen LogP) is 1.53. The molecular formula is C25H35N5O4. The fourth-order valence-corrected chi connectivity index (χ4v) is 4.10. The van der Waals surface area contributed by atoms with Gasteiger partial charge in [0.15, 0.2) is 0 Å². The molecule has 1 aromatic carbocycles. The van der Waals surface area contributed by atoms with Gasteiger partial charge in [-0.3, -0.25) is 19.2 Å². The van der Waals surface area contributed by atoms with Gasteiger partial charge in [-0.25, -0.2) is 0 Å². The molecular weight excluding hydrogens is 434 g/mol. The molecule has 1 aromatic heterocycles. The maximum atomic E-state index is 13.3. The highest BCUT2D eigenvalue weighted by molar-refractivity contribution is 5.95. The summed E-state index contributed by atoms with van der Waals surface area (Å²) < 4.78 is 0. The fraction of sp³-hybridized carbons (Fsp3) is 0.520. The molecule has 0 radical (unpaired) electrons. The van der Waals surface area contributed by atoms with E-state index in [0.29, 0.717) is 19.4 Å². The smallest absolute Gasteiger partial charge is 0.243 e. The Hall–Kier alpha value is -3.36. The van der Waals surface area contributed by atoms with E-state index in [0.717, 1.165) is 29.3 Å². The molecule has 0 bridgehead atoms. The zero-order chi connectivity index (χ0) is 24.7. The van der Waals surface area contributed by atoms with Gasteiger partial charge in [-0.05, 0) is 37.3 Å². The normalized spacial score (nSPS) is 23.8. The van der Waals surface area contributed by atoms with E-state index in [1.54, 1.807) is 6.92 Å². The topological polar surface area (TPSA) is 132 Å². The van der Waals surface area contributed by atoms with Crippen LogP contribution >= 0.6 is 0 Å². The van der Waals surface area contributed by atoms with Gasteiger partial charge in [-0.15, -0.1) is 0 Å². The number of rotatable bonds is 3. The first kappa shape index (κ1) is 25.3. The minimum Gasteiger partial charge on any atom is -0.361 e. The summed E-state index contributed by atoms with van der Waals surface area (Å²) in [7, 11) is 0. The summed E-state index contributed by atoms with van der Waals surface area (Å²) in [5, 5.41) is 12.2. The molecule has 0 unspecified atom stereocenters. The van der Waals surface area contributed by atoms with Crippen molar-refractivity contribution in [3.63, 3.8) is 0 Å². The van der Waals surface area contributed by atoms with Gasteiger partial charge in [-0.2, -0.15) is 0 Å². The lowest BCUT2D eigenvalue weighted by Crippen LogP contribution is -2.58. The monoisotopic (exact) mass is 469 g/mol. The van der Waals surface area contributed by atoms with Crippen molar-refractivity contribution in [2.24, 2.45) is 5.92 Å². The summed E-state index contributed by atoms with van der Waals surface area (Å²) in [5.41, 5.74) is 1.80. The number of benzene rings is 1. The second kappa shape index (κ2) is 11.7. The predicted molar refractivity (Wildman–Crippen MR) is 130 cm³/mol. The number of amides is 4. The highest BCUT2D eigenvalue weighted by Gasteiger charge is 2.30. The molecule has 1 saturated heterocycles. The van der Waals surface area contributed by atoms with E-state index in [9.17, 15) is 19.2 Å². The fourth-order valence-electron chi connectivity index (χ4n) is 4.10. The van der Waals surface area contributed by atoms with Crippen molar-refractivity contribution in [1.29, 1.82) is 0 Å². The maximum absolute atomic E-state index is 13.3. The Bertz CT molecular complexity index is 1030. The molecule has 0 saturated carbocycles. The van der Waals surface area contributed by atoms with Crippen LogP contribution in [0.5, 0.6) is 0 Å². The second-order valence-corrected chi connectivity index (χ2v) is 9.25. The Kier molecular flexibility index (Phi) is 8.67. The lowest BCUT2D eigenvalue weighted by atomic mass is 10.00. The number of carbonyl (C=O) groups is 4. The van der Waals surface area contributed by atoms with Gasteiger partial charge in [0, 0.05) is 36.5 Å². The Morgan fingerprint density at radius 1 is 0.912 bits per heavy atom. The lowest BCUT2D eigenvalue weighted by molar-refractivity contribution is -0.134. The third kappa shape index (κ3) is 6.59. The summed E-state index contributed by atoms with van der Waals surface area (Å²) in [6, 6.07) is 5.28. The molecule has 3 atom stereocenters. The van der Waals surface area contributed by atoms with E-state index in [1.165, 1.54) is 0 Å². The molecule has 3 rings (SSSR count). The molecule has 2 heterocycles. The average Bonchev–Trinajstić information content (AvgIpc) is 3.20. The number of hydrogen-bond acceptors (Lipinski definition) is 4. The van der Waals surface area contributed by atoms with E-state index >= 15 is 0 Å². The number of aromatic amines is 1. The Balaban J connectivity index is 1.87. The lowest BCUT2D eigenvalue weighted by Gasteiger charge is -2.26. The third-order valence-electron chi connectivity index (χ3n) is 6.13. The van der Waals surface area contributed by atoms with Crippen LogP contribution in [0.2, 0.25) is 0 Å². The molecule has 0 aliphatic carbocycles. The molecule has 9 nitrogen and oxygen atoms in total. The largest absolute Gasteiger partial charge is 0.361 e. The second-order valence-electron chi connectivity index (χ2n) is 9.25. The summed E-state index contributed by atoms with van der Waals surface area (Å²) in [6.45, 7) is 5.81. The summed E-state index contributed by atoms with van der Waals surface area (Å²) in [6.07, 6.45) is 4.54. The van der Waals surface area contributed by atoms with Crippen molar-refractivity contribution in [2.45, 2.75) is 71.0 Å². The zero-order valence-corrected chi connectivity index (χ0v) is 20.1. The van der Waals surface area contributed by atoms with E-state index in [1.807, 2.05) is 44.3 Å². The minimum atomic E-state index is -0.923. The van der Waals surface area contributed by atoms with Crippen LogP contribution in [-0.2, 0) is 25.6 Å². The highest BCUT2D eigenvalue weighted by atomic mass is 16.2. The quantitative estimate of drug-likeness (QED) is 0.466. The third-order valence-corrected chi connectivity index (χ3v) is 6.13. The average molecular weight is 470 g/mol. The van der Waals surface area contributed by atoms with E-state index in [2.05, 4.69) is 26.3 Å². The van der Waals surface area contributed by atoms with Crippen LogP contribution in [0.3, 0.4) is 0 Å². The molecule has 1 aliphatic heterocycles. The van der Waals surface area contributed by atoms with Crippen LogP contribution in [0.15, 0.2) is 30.5 Å². The first-order chi connectivity index (χ1) is 16.3. The molecule has 184 valence electrons. The number of H-pyrrole nitrogens is 1. The Morgan fingerprint density at radius 2 is 1.68 bits per heavy atom. The van der Waals surface area contributed by atoms with Crippen molar-refractivity contribution in [3.8, 4) is 0 Å². The molecule has 2 aromatic rings. The van der Waals surface area contributed by atoms with Crippen molar-refractivity contribution in [1.82, 2.24) is 26.3 Å². The first-order valence-corrected chi connectivity index (χ1v) is 12.0. The van der Waals surface area contributed by atoms with E-state index < -0.39 is 29.9 Å². The number of hydrogen-bond donors (Lipinski definition) is 5. The van der Waals surface area contributed by atoms with Crippen LogP contribution < -0.4 is 21.3 Å². The number of para-hydroxylation sites is 1. The van der Waals surface area contributed by atoms with Gasteiger partial charge in [0.2, 0.25) is 23.6 Å². The SMILES string of the molecule is CC(C)[C@@H]1NC(=O)[C@@H](Cc2c[nH]c3ccccc23)NC(=O)[C@H](C)NC(=O)CCCCCNC1=O. The van der Waals surface area contributed by atoms with Crippen molar-refractivity contribution in [2.75, 3.05) is 6.54 Å². The molecule has 1 aliphatic rings. The molecule has 1 fully saturated rings. The van der Waals surface area contributed by atoms with Gasteiger partial charge in [0.05, 0.1) is 0 Å². The summed E-state index contributed by atoms with van der Waals surface area (Å²) >= 11 is 0. The van der Waals surface area contributed by atoms with Crippen molar-refractivity contribution in [3.05, 3.63) is 36.0 Å². The van der Waals surface area contributed by atoms with E-state index in [4.69, 9.17) is 0 Å². The van der Waals surface area contributed by atoms with Crippen molar-refractivity contribution < 1.29 is 19.2 Å². The van der Waals surface area contributed by atoms with Gasteiger partial charge < -0.3 is 26.3 Å². The van der Waals surface area contributed by atoms with Crippen LogP contribution in [0.1, 0.15) is 52.0 Å². The molecule has 34 heavy (non-hydrogen) atoms. The van der Waals surface area contributed by atoms with Gasteiger partial charge >= 0.3 is 0 Å². The molecule has 9 heteroatoms. The minimum absolute atomic E-state index is 0.134. The number of fused-ring (bicyclic) bond motifs is 1. The molecule has 0 spiro atoms. The van der Waals surface area contributed by atoms with Gasteiger partial charge in [-0.1, -0.05) is 38.5 Å². The van der Waals surface area contributed by atoms with Gasteiger partial charge in [0.1, 0.15) is 18.1 Å². The number of carbonyl (C=O) groups excluding carboxylic acids is 4. The van der Waals surface area contributed by atoms with Crippen LogP contribution in [0.4, 0.5) is 0 Å². The Labute approximate surface area is 199 Å². The summed E-state index contributed by atoms with van der Waals surface area (Å²) in [4.78, 5) is 54.4. The highest BCUT2D eigenvalue weighted by Crippen LogP contribution is 2.19. The summed E-state index contributed by atoms with van der Waals surface area (Å²) in [5.74, 6) is -1.50. The van der Waals surface area contributed by atoms with Crippen LogP contribution in [-0.4, -0.2) is 53.3 Å². The van der Waals surface area contributed by atoms with Gasteiger partial charge in [0.25, 0.3) is 0 Å². The Morgan fingerprint density at radius 3 is 2.44 bits per heavy atom. The van der Waals surface area contributed by atoms with Crippen molar-refractivity contribution >= 4 is 34.5 Å². The number of nitrogens with one attached hydrogen (secondary N) is 5. The first-order valence-electron chi connectivity index (χ1n) is 12.0. The van der Waals surface area contributed by atoms with Crippen LogP contribution in [0.25, 0.3) is 10.9 Å². The zero-order valence-electron chi connectivity index (χ0n) is 20.1. The van der Waals surface area contributed by atoms with Crippen LogP contribution in [0, 0.1) is 5.92 Å². The maximum Gasteiger partial charge on any atom is 0.243 e. The molecule has 4 amide bonds. The number of aromatic nitrogens is 1. The van der Waals surface area contributed by atoms with E-state index in [-0.39, 0.29) is 24.2 Å².